The van der Waals surface area contributed by atoms with Gasteiger partial charge in [0.05, 0.1) is 39.6 Å². The monoisotopic (exact) mass is 540 g/mol. The first-order chi connectivity index (χ1) is 18.7. The van der Waals surface area contributed by atoms with Crippen molar-refractivity contribution < 1.29 is 28.4 Å². The lowest BCUT2D eigenvalue weighted by Crippen LogP contribution is -2.34. The summed E-state index contributed by atoms with van der Waals surface area (Å²) in [7, 11) is 0. The summed E-state index contributed by atoms with van der Waals surface area (Å²) >= 11 is 0. The van der Waals surface area contributed by atoms with Gasteiger partial charge in [0.15, 0.2) is 0 Å². The van der Waals surface area contributed by atoms with Gasteiger partial charge in [-0.25, -0.2) is 0 Å². The fourth-order valence-electron chi connectivity index (χ4n) is 3.87. The van der Waals surface area contributed by atoms with Crippen LogP contribution in [0.3, 0.4) is 0 Å². The highest BCUT2D eigenvalue weighted by Gasteiger charge is 2.25. The Morgan fingerprint density at radius 2 is 0.632 bits per heavy atom. The van der Waals surface area contributed by atoms with Crippen LogP contribution in [0.5, 0.6) is 0 Å². The van der Waals surface area contributed by atoms with Gasteiger partial charge in [-0.3, -0.25) is 0 Å². The third-order valence-corrected chi connectivity index (χ3v) is 6.04. The maximum absolute atomic E-state index is 6.08. The molecule has 0 bridgehead atoms. The van der Waals surface area contributed by atoms with Crippen LogP contribution in [0.4, 0.5) is 0 Å². The minimum Gasteiger partial charge on any atom is -0.381 e. The fraction of sp³-hybridized carbons (Fsp3) is 0.812. The molecule has 0 N–H and O–H groups in total. The molecular weight excluding hydrogens is 480 g/mol. The van der Waals surface area contributed by atoms with Crippen molar-refractivity contribution >= 4 is 0 Å². The van der Waals surface area contributed by atoms with Gasteiger partial charge in [-0.05, 0) is 38.5 Å². The number of rotatable bonds is 33. The molecular formula is C32H60O6. The first-order valence-corrected chi connectivity index (χ1v) is 15.0. The van der Waals surface area contributed by atoms with Gasteiger partial charge in [-0.2, -0.15) is 0 Å². The Balaban J connectivity index is 4.08. The summed E-state index contributed by atoms with van der Waals surface area (Å²) in [5.74, 6) is 0. The van der Waals surface area contributed by atoms with E-state index in [0.717, 1.165) is 78.2 Å². The lowest BCUT2D eigenvalue weighted by atomic mass is 9.94. The lowest BCUT2D eigenvalue weighted by molar-refractivity contribution is -0.0613. The molecule has 0 heterocycles. The van der Waals surface area contributed by atoms with Crippen molar-refractivity contribution in [2.45, 2.75) is 84.0 Å². The summed E-state index contributed by atoms with van der Waals surface area (Å²) in [6.07, 6.45) is 18.9. The average Bonchev–Trinajstić information content (AvgIpc) is 2.92. The van der Waals surface area contributed by atoms with Crippen LogP contribution in [-0.2, 0) is 28.4 Å². The van der Waals surface area contributed by atoms with Gasteiger partial charge < -0.3 is 28.4 Å². The number of hydrogen-bond donors (Lipinski definition) is 0. The molecule has 0 unspecified atom stereocenters. The minimum atomic E-state index is -0.129. The van der Waals surface area contributed by atoms with Crippen LogP contribution < -0.4 is 0 Å². The van der Waals surface area contributed by atoms with Crippen molar-refractivity contribution in [3.05, 3.63) is 38.0 Å². The fourth-order valence-corrected chi connectivity index (χ4v) is 3.87. The van der Waals surface area contributed by atoms with Gasteiger partial charge in [-0.1, -0.05) is 63.7 Å². The van der Waals surface area contributed by atoms with Gasteiger partial charge >= 0.3 is 0 Å². The highest BCUT2D eigenvalue weighted by atomic mass is 16.5. The van der Waals surface area contributed by atoms with Crippen molar-refractivity contribution in [1.82, 2.24) is 0 Å². The molecule has 0 rings (SSSR count). The van der Waals surface area contributed by atoms with E-state index >= 15 is 0 Å². The summed E-state index contributed by atoms with van der Waals surface area (Å²) in [4.78, 5) is 0. The molecule has 0 saturated carbocycles. The molecule has 0 spiro atoms. The third kappa shape index (κ3) is 28.0. The van der Waals surface area contributed by atoms with Crippen LogP contribution in [0, 0.1) is 5.41 Å². The zero-order valence-corrected chi connectivity index (χ0v) is 24.8. The van der Waals surface area contributed by atoms with Gasteiger partial charge in [0, 0.05) is 45.1 Å². The molecule has 0 amide bonds. The quantitative estimate of drug-likeness (QED) is 0.0641. The minimum absolute atomic E-state index is 0.129. The van der Waals surface area contributed by atoms with E-state index < -0.39 is 0 Å². The van der Waals surface area contributed by atoms with Crippen LogP contribution in [0.25, 0.3) is 0 Å². The van der Waals surface area contributed by atoms with Crippen molar-refractivity contribution in [2.75, 3.05) is 79.3 Å². The van der Waals surface area contributed by atoms with E-state index in [1.807, 2.05) is 0 Å². The SMILES string of the molecule is C=CCOCCCCCCOCC(C)(COCCCCCCOCC=C)COCCCCCCOCC=C. The second-order valence-electron chi connectivity index (χ2n) is 10.3. The van der Waals surface area contributed by atoms with Crippen LogP contribution in [0.1, 0.15) is 84.0 Å². The molecule has 6 nitrogen and oxygen atoms in total. The predicted octanol–water partition coefficient (Wildman–Crippen LogP) is 7.33. The van der Waals surface area contributed by atoms with E-state index in [-0.39, 0.29) is 5.41 Å². The molecule has 224 valence electrons. The second kappa shape index (κ2) is 30.5. The molecule has 0 radical (unpaired) electrons. The summed E-state index contributed by atoms with van der Waals surface area (Å²) in [5.41, 5.74) is -0.129. The van der Waals surface area contributed by atoms with Gasteiger partial charge in [0.25, 0.3) is 0 Å². The lowest BCUT2D eigenvalue weighted by Gasteiger charge is -2.29. The van der Waals surface area contributed by atoms with E-state index in [0.29, 0.717) is 39.6 Å². The summed E-state index contributed by atoms with van der Waals surface area (Å²) < 4.78 is 34.6. The first kappa shape index (κ1) is 37.0. The van der Waals surface area contributed by atoms with Gasteiger partial charge in [-0.15, -0.1) is 19.7 Å². The van der Waals surface area contributed by atoms with E-state index in [2.05, 4.69) is 26.7 Å². The molecule has 0 aliphatic heterocycles. The molecule has 0 atom stereocenters. The summed E-state index contributed by atoms with van der Waals surface area (Å²) in [5, 5.41) is 0. The van der Waals surface area contributed by atoms with E-state index in [4.69, 9.17) is 28.4 Å². The number of hydrogen-bond acceptors (Lipinski definition) is 6. The largest absolute Gasteiger partial charge is 0.381 e. The highest BCUT2D eigenvalue weighted by Crippen LogP contribution is 2.20. The Morgan fingerprint density at radius 1 is 0.395 bits per heavy atom. The van der Waals surface area contributed by atoms with Crippen molar-refractivity contribution in [2.24, 2.45) is 5.41 Å². The molecule has 0 saturated heterocycles. The molecule has 0 aromatic rings. The second-order valence-corrected chi connectivity index (χ2v) is 10.3. The van der Waals surface area contributed by atoms with E-state index in [9.17, 15) is 0 Å². The zero-order chi connectivity index (χ0) is 27.8. The Labute approximate surface area is 235 Å². The summed E-state index contributed by atoms with van der Waals surface area (Å²) in [6, 6.07) is 0. The summed E-state index contributed by atoms with van der Waals surface area (Å²) in [6.45, 7) is 21.9. The zero-order valence-electron chi connectivity index (χ0n) is 24.8. The molecule has 0 aliphatic rings. The third-order valence-electron chi connectivity index (χ3n) is 6.04. The van der Waals surface area contributed by atoms with Gasteiger partial charge in [0.1, 0.15) is 0 Å². The Hall–Kier alpha value is -1.02. The molecule has 6 heteroatoms. The molecule has 0 fully saturated rings. The Bertz CT molecular complexity index is 441. The van der Waals surface area contributed by atoms with Crippen LogP contribution in [0.2, 0.25) is 0 Å². The van der Waals surface area contributed by atoms with Crippen LogP contribution in [-0.4, -0.2) is 79.3 Å². The van der Waals surface area contributed by atoms with Crippen molar-refractivity contribution in [3.63, 3.8) is 0 Å². The molecule has 38 heavy (non-hydrogen) atoms. The predicted molar refractivity (Wildman–Crippen MR) is 159 cm³/mol. The number of unbranched alkanes of at least 4 members (excludes halogenated alkanes) is 9. The van der Waals surface area contributed by atoms with Gasteiger partial charge in [0.2, 0.25) is 0 Å². The highest BCUT2D eigenvalue weighted by molar-refractivity contribution is 4.74. The topological polar surface area (TPSA) is 55.4 Å². The van der Waals surface area contributed by atoms with E-state index in [1.54, 1.807) is 18.2 Å². The number of ether oxygens (including phenoxy) is 6. The smallest absolute Gasteiger partial charge is 0.0644 e. The Morgan fingerprint density at radius 3 is 0.868 bits per heavy atom. The average molecular weight is 541 g/mol. The van der Waals surface area contributed by atoms with E-state index in [1.165, 1.54) is 38.5 Å². The maximum Gasteiger partial charge on any atom is 0.0644 e. The van der Waals surface area contributed by atoms with Crippen molar-refractivity contribution in [1.29, 1.82) is 0 Å². The van der Waals surface area contributed by atoms with Crippen LogP contribution in [0.15, 0.2) is 38.0 Å². The first-order valence-electron chi connectivity index (χ1n) is 15.0. The standard InChI is InChI=1S/C32H60O6/c1-5-20-33-23-14-8-11-17-26-36-29-32(4,30-37-27-18-12-9-15-24-34-21-6-2)31-38-28-19-13-10-16-25-35-22-7-3/h5-7H,1-3,8-31H2,4H3. The molecule has 0 aliphatic carbocycles. The van der Waals surface area contributed by atoms with Crippen LogP contribution >= 0.6 is 0 Å². The van der Waals surface area contributed by atoms with Crippen molar-refractivity contribution in [3.8, 4) is 0 Å². The molecule has 0 aromatic heterocycles. The maximum atomic E-state index is 6.08. The molecule has 0 aromatic carbocycles. The Kier molecular flexibility index (Phi) is 29.7. The normalized spacial score (nSPS) is 11.6.